The van der Waals surface area contributed by atoms with E-state index >= 15 is 0 Å². The zero-order valence-corrected chi connectivity index (χ0v) is 15.4. The first-order valence-electron chi connectivity index (χ1n) is 8.87. The van der Waals surface area contributed by atoms with E-state index in [1.165, 1.54) is 0 Å². The third-order valence-electron chi connectivity index (χ3n) is 4.10. The predicted octanol–water partition coefficient (Wildman–Crippen LogP) is 1.65. The van der Waals surface area contributed by atoms with E-state index in [9.17, 15) is 4.79 Å². The maximum absolute atomic E-state index is 12.0. The SMILES string of the molecule is CCNC(=NCCC(=O)Nc1ccc(C)cn1)N1CCC(COC)C1. The first kappa shape index (κ1) is 19.2. The minimum Gasteiger partial charge on any atom is -0.384 e. The number of carbonyl (C=O) groups excluding carboxylic acids is 1. The van der Waals surface area contributed by atoms with E-state index < -0.39 is 0 Å². The summed E-state index contributed by atoms with van der Waals surface area (Å²) in [4.78, 5) is 23.0. The topological polar surface area (TPSA) is 78.8 Å². The van der Waals surface area contributed by atoms with Gasteiger partial charge in [-0.1, -0.05) is 6.07 Å². The van der Waals surface area contributed by atoms with Crippen LogP contribution < -0.4 is 10.6 Å². The minimum atomic E-state index is -0.0744. The summed E-state index contributed by atoms with van der Waals surface area (Å²) in [5, 5.41) is 6.11. The number of anilines is 1. The zero-order valence-electron chi connectivity index (χ0n) is 15.4. The van der Waals surface area contributed by atoms with Gasteiger partial charge in [0.1, 0.15) is 5.82 Å². The molecule has 0 aliphatic carbocycles. The quantitative estimate of drug-likeness (QED) is 0.579. The van der Waals surface area contributed by atoms with Crippen molar-refractivity contribution in [1.82, 2.24) is 15.2 Å². The van der Waals surface area contributed by atoms with E-state index in [4.69, 9.17) is 4.74 Å². The fraction of sp³-hybridized carbons (Fsp3) is 0.611. The van der Waals surface area contributed by atoms with Gasteiger partial charge < -0.3 is 20.3 Å². The number of nitrogens with zero attached hydrogens (tertiary/aromatic N) is 3. The number of amides is 1. The molecule has 1 aromatic rings. The molecular formula is C18H29N5O2. The van der Waals surface area contributed by atoms with Gasteiger partial charge >= 0.3 is 0 Å². The number of aliphatic imine (C=N–C) groups is 1. The monoisotopic (exact) mass is 347 g/mol. The van der Waals surface area contributed by atoms with Crippen LogP contribution in [0, 0.1) is 12.8 Å². The Hall–Kier alpha value is -2.15. The summed E-state index contributed by atoms with van der Waals surface area (Å²) in [6, 6.07) is 3.73. The van der Waals surface area contributed by atoms with Crippen molar-refractivity contribution in [3.8, 4) is 0 Å². The van der Waals surface area contributed by atoms with Gasteiger partial charge in [-0.15, -0.1) is 0 Å². The highest BCUT2D eigenvalue weighted by atomic mass is 16.5. The lowest BCUT2D eigenvalue weighted by Crippen LogP contribution is -2.40. The Labute approximate surface area is 149 Å². The number of aryl methyl sites for hydroxylation is 1. The number of rotatable bonds is 7. The molecular weight excluding hydrogens is 318 g/mol. The molecule has 0 saturated carbocycles. The van der Waals surface area contributed by atoms with E-state index in [2.05, 4.69) is 25.5 Å². The highest BCUT2D eigenvalue weighted by Gasteiger charge is 2.24. The number of aromatic nitrogens is 1. The summed E-state index contributed by atoms with van der Waals surface area (Å²) in [7, 11) is 1.74. The second-order valence-electron chi connectivity index (χ2n) is 6.31. The molecule has 1 unspecified atom stereocenters. The molecule has 7 nitrogen and oxygen atoms in total. The highest BCUT2D eigenvalue weighted by Crippen LogP contribution is 2.16. The third-order valence-corrected chi connectivity index (χ3v) is 4.10. The Balaban J connectivity index is 1.82. The fourth-order valence-corrected chi connectivity index (χ4v) is 2.83. The van der Waals surface area contributed by atoms with Crippen molar-refractivity contribution in [2.45, 2.75) is 26.7 Å². The normalized spacial score (nSPS) is 17.6. The number of hydrogen-bond donors (Lipinski definition) is 2. The van der Waals surface area contributed by atoms with Crippen LogP contribution in [-0.2, 0) is 9.53 Å². The molecule has 1 aliphatic rings. The molecule has 138 valence electrons. The summed E-state index contributed by atoms with van der Waals surface area (Å²) in [5.41, 5.74) is 1.07. The van der Waals surface area contributed by atoms with Crippen LogP contribution in [0.5, 0.6) is 0 Å². The largest absolute Gasteiger partial charge is 0.384 e. The third kappa shape index (κ3) is 6.34. The lowest BCUT2D eigenvalue weighted by atomic mass is 10.1. The van der Waals surface area contributed by atoms with Crippen molar-refractivity contribution in [3.63, 3.8) is 0 Å². The number of ether oxygens (including phenoxy) is 1. The molecule has 2 rings (SSSR count). The first-order valence-corrected chi connectivity index (χ1v) is 8.87. The summed E-state index contributed by atoms with van der Waals surface area (Å²) in [6.45, 7) is 7.97. The van der Waals surface area contributed by atoms with E-state index in [1.54, 1.807) is 19.4 Å². The van der Waals surface area contributed by atoms with Crippen molar-refractivity contribution < 1.29 is 9.53 Å². The molecule has 1 amide bonds. The van der Waals surface area contributed by atoms with Crippen LogP contribution in [0.15, 0.2) is 23.3 Å². The standard InChI is InChI=1S/C18H29N5O2/c1-4-19-18(23-10-8-15(12-23)13-25-3)20-9-7-17(24)22-16-6-5-14(2)11-21-16/h5-6,11,15H,4,7-10,12-13H2,1-3H3,(H,19,20)(H,21,22,24). The smallest absolute Gasteiger partial charge is 0.227 e. The molecule has 7 heteroatoms. The van der Waals surface area contributed by atoms with Crippen molar-refractivity contribution in [2.75, 3.05) is 45.2 Å². The molecule has 0 bridgehead atoms. The molecule has 1 fully saturated rings. The molecule has 1 aromatic heterocycles. The van der Waals surface area contributed by atoms with E-state index in [1.807, 2.05) is 19.9 Å². The van der Waals surface area contributed by atoms with E-state index in [0.717, 1.165) is 44.2 Å². The Morgan fingerprint density at radius 1 is 1.48 bits per heavy atom. The van der Waals surface area contributed by atoms with Gasteiger partial charge in [0.15, 0.2) is 5.96 Å². The Kier molecular flexibility index (Phi) is 7.66. The molecule has 0 radical (unpaired) electrons. The Morgan fingerprint density at radius 2 is 2.32 bits per heavy atom. The number of hydrogen-bond acceptors (Lipinski definition) is 4. The molecule has 2 N–H and O–H groups in total. The summed E-state index contributed by atoms with van der Waals surface area (Å²) >= 11 is 0. The van der Waals surface area contributed by atoms with Crippen LogP contribution in [0.1, 0.15) is 25.3 Å². The van der Waals surface area contributed by atoms with Gasteiger partial charge in [0, 0.05) is 45.3 Å². The fourth-order valence-electron chi connectivity index (χ4n) is 2.83. The second-order valence-corrected chi connectivity index (χ2v) is 6.31. The number of pyridine rings is 1. The summed E-state index contributed by atoms with van der Waals surface area (Å²) in [5.74, 6) is 1.93. The van der Waals surface area contributed by atoms with Gasteiger partial charge in [-0.3, -0.25) is 9.79 Å². The zero-order chi connectivity index (χ0) is 18.1. The number of carbonyl (C=O) groups is 1. The van der Waals surface area contributed by atoms with Crippen molar-refractivity contribution in [1.29, 1.82) is 0 Å². The van der Waals surface area contributed by atoms with Gasteiger partial charge in [-0.2, -0.15) is 0 Å². The van der Waals surface area contributed by atoms with Crippen molar-refractivity contribution >= 4 is 17.7 Å². The van der Waals surface area contributed by atoms with Gasteiger partial charge in [-0.05, 0) is 31.9 Å². The molecule has 1 saturated heterocycles. The van der Waals surface area contributed by atoms with E-state index in [-0.39, 0.29) is 5.91 Å². The molecule has 1 atom stereocenters. The number of likely N-dealkylation sites (tertiary alicyclic amines) is 1. The number of methoxy groups -OCH3 is 1. The lowest BCUT2D eigenvalue weighted by Gasteiger charge is -2.21. The van der Waals surface area contributed by atoms with Crippen molar-refractivity contribution in [2.24, 2.45) is 10.9 Å². The lowest BCUT2D eigenvalue weighted by molar-refractivity contribution is -0.116. The molecule has 0 spiro atoms. The predicted molar refractivity (Wildman–Crippen MR) is 99.8 cm³/mol. The molecule has 0 aromatic carbocycles. The summed E-state index contributed by atoms with van der Waals surface area (Å²) in [6.07, 6.45) is 3.18. The highest BCUT2D eigenvalue weighted by molar-refractivity contribution is 5.90. The summed E-state index contributed by atoms with van der Waals surface area (Å²) < 4.78 is 5.24. The number of guanidine groups is 1. The Bertz CT molecular complexity index is 573. The van der Waals surface area contributed by atoms with Crippen LogP contribution in [0.3, 0.4) is 0 Å². The van der Waals surface area contributed by atoms with Crippen LogP contribution in [0.4, 0.5) is 5.82 Å². The van der Waals surface area contributed by atoms with Gasteiger partial charge in [0.25, 0.3) is 0 Å². The molecule has 2 heterocycles. The van der Waals surface area contributed by atoms with E-state index in [0.29, 0.717) is 24.7 Å². The van der Waals surface area contributed by atoms with Crippen LogP contribution >= 0.6 is 0 Å². The average Bonchev–Trinajstić information content (AvgIpc) is 3.05. The molecule has 25 heavy (non-hydrogen) atoms. The van der Waals surface area contributed by atoms with Gasteiger partial charge in [-0.25, -0.2) is 4.98 Å². The van der Waals surface area contributed by atoms with Crippen LogP contribution in [0.25, 0.3) is 0 Å². The van der Waals surface area contributed by atoms with Crippen LogP contribution in [-0.4, -0.2) is 61.6 Å². The minimum absolute atomic E-state index is 0.0744. The molecule has 1 aliphatic heterocycles. The maximum Gasteiger partial charge on any atom is 0.227 e. The van der Waals surface area contributed by atoms with Gasteiger partial charge in [0.2, 0.25) is 5.91 Å². The van der Waals surface area contributed by atoms with Crippen molar-refractivity contribution in [3.05, 3.63) is 23.9 Å². The van der Waals surface area contributed by atoms with Gasteiger partial charge in [0.05, 0.1) is 13.2 Å². The van der Waals surface area contributed by atoms with Crippen LogP contribution in [0.2, 0.25) is 0 Å². The number of nitrogens with one attached hydrogen (secondary N) is 2. The average molecular weight is 347 g/mol. The first-order chi connectivity index (χ1) is 12.1. The Morgan fingerprint density at radius 3 is 3.00 bits per heavy atom. The maximum atomic E-state index is 12.0. The second kappa shape index (κ2) is 9.98.